The summed E-state index contributed by atoms with van der Waals surface area (Å²) in [4.78, 5) is 33.1. The van der Waals surface area contributed by atoms with E-state index in [0.717, 1.165) is 12.1 Å². The normalized spacial score (nSPS) is 12.5. The number of benzene rings is 1. The summed E-state index contributed by atoms with van der Waals surface area (Å²) in [5.41, 5.74) is 3.43. The molecule has 6 rings (SSSR count). The van der Waals surface area contributed by atoms with E-state index in [0.29, 0.717) is 50.4 Å². The minimum Gasteiger partial charge on any atom is -0.490 e. The second-order valence-electron chi connectivity index (χ2n) is 10.1. The zero-order chi connectivity index (χ0) is 30.4. The largest absolute Gasteiger partial charge is 0.490 e. The zero-order valence-electron chi connectivity index (χ0n) is 22.8. The number of pyridine rings is 2. The molecule has 0 unspecified atom stereocenters. The maximum absolute atomic E-state index is 15.8. The maximum atomic E-state index is 15.8. The van der Waals surface area contributed by atoms with Crippen LogP contribution in [0.1, 0.15) is 35.6 Å². The number of carbonyl (C=O) groups is 2. The van der Waals surface area contributed by atoms with Crippen molar-refractivity contribution in [3.05, 3.63) is 82.9 Å². The molecule has 0 bridgehead atoms. The fourth-order valence-electron chi connectivity index (χ4n) is 4.88. The van der Waals surface area contributed by atoms with E-state index >= 15 is 4.39 Å². The van der Waals surface area contributed by atoms with Gasteiger partial charge in [-0.25, -0.2) is 18.2 Å². The summed E-state index contributed by atoms with van der Waals surface area (Å²) < 4.78 is 49.9. The Hall–Kier alpha value is -5.04. The van der Waals surface area contributed by atoms with Crippen LogP contribution in [-0.4, -0.2) is 38.1 Å². The molecule has 1 aromatic carbocycles. The quantitative estimate of drug-likeness (QED) is 0.192. The second-order valence-corrected chi connectivity index (χ2v) is 11.0. The molecular weight excluding hydrogens is 581 g/mol. The standard InChI is InChI=1S/C30H23F3N6O3S/c1-13(2)42-22-8-17(32)7-20(33)23(22)24-27(21-9-18(38-39-21)12-36-29(40)14(3)31)37-25(19-4-5-43-28(19)24)15-6-16-11-35-30(41)26(16)34-10-15/h4-10,13H,3,11-12H2,1-2H3,(H,35,41)(H,36,40)(H,38,39). The topological polar surface area (TPSA) is 122 Å². The van der Waals surface area contributed by atoms with E-state index in [-0.39, 0.29) is 35.2 Å². The van der Waals surface area contributed by atoms with Crippen molar-refractivity contribution in [1.82, 2.24) is 30.8 Å². The predicted octanol–water partition coefficient (Wildman–Crippen LogP) is 5.82. The number of fused-ring (bicyclic) bond motifs is 2. The summed E-state index contributed by atoms with van der Waals surface area (Å²) in [6, 6.07) is 7.16. The average Bonchev–Trinajstić information content (AvgIpc) is 3.71. The maximum Gasteiger partial charge on any atom is 0.279 e. The lowest BCUT2D eigenvalue weighted by Gasteiger charge is -2.19. The molecular formula is C30H23F3N6O3S. The summed E-state index contributed by atoms with van der Waals surface area (Å²) in [5.74, 6) is -4.03. The number of ether oxygens (including phenoxy) is 1. The van der Waals surface area contributed by atoms with Crippen LogP contribution >= 0.6 is 11.3 Å². The Morgan fingerprint density at radius 1 is 1.16 bits per heavy atom. The van der Waals surface area contributed by atoms with Crippen molar-refractivity contribution in [2.75, 3.05) is 0 Å². The van der Waals surface area contributed by atoms with Gasteiger partial charge in [0.25, 0.3) is 11.8 Å². The molecule has 0 saturated heterocycles. The fraction of sp³-hybridized carbons (Fsp3) is 0.167. The van der Waals surface area contributed by atoms with Gasteiger partial charge in [-0.2, -0.15) is 5.10 Å². The van der Waals surface area contributed by atoms with Gasteiger partial charge in [0.2, 0.25) is 0 Å². The minimum absolute atomic E-state index is 0.00468. The lowest BCUT2D eigenvalue weighted by atomic mass is 9.96. The van der Waals surface area contributed by atoms with Crippen molar-refractivity contribution >= 4 is 33.2 Å². The number of H-pyrrole nitrogens is 1. The van der Waals surface area contributed by atoms with E-state index in [9.17, 15) is 18.4 Å². The van der Waals surface area contributed by atoms with E-state index in [4.69, 9.17) is 9.72 Å². The van der Waals surface area contributed by atoms with Crippen molar-refractivity contribution in [2.24, 2.45) is 0 Å². The number of rotatable bonds is 8. The molecule has 43 heavy (non-hydrogen) atoms. The first-order valence-electron chi connectivity index (χ1n) is 13.1. The predicted molar refractivity (Wildman–Crippen MR) is 155 cm³/mol. The molecule has 1 aliphatic heterocycles. The van der Waals surface area contributed by atoms with E-state index in [1.54, 1.807) is 26.1 Å². The number of hydrogen-bond donors (Lipinski definition) is 3. The number of aromatic amines is 1. The summed E-state index contributed by atoms with van der Waals surface area (Å²) in [6.07, 6.45) is 1.16. The highest BCUT2D eigenvalue weighted by atomic mass is 32.1. The average molecular weight is 605 g/mol. The molecule has 0 atom stereocenters. The van der Waals surface area contributed by atoms with Crippen LogP contribution in [-0.2, 0) is 17.9 Å². The van der Waals surface area contributed by atoms with Gasteiger partial charge < -0.3 is 15.4 Å². The molecule has 0 spiro atoms. The van der Waals surface area contributed by atoms with Crippen molar-refractivity contribution in [3.63, 3.8) is 0 Å². The minimum atomic E-state index is -1.14. The summed E-state index contributed by atoms with van der Waals surface area (Å²) in [6.45, 7) is 6.70. The van der Waals surface area contributed by atoms with E-state index < -0.39 is 29.5 Å². The lowest BCUT2D eigenvalue weighted by molar-refractivity contribution is -0.119. The Kier molecular flexibility index (Phi) is 7.18. The van der Waals surface area contributed by atoms with Gasteiger partial charge in [0.05, 0.1) is 29.6 Å². The van der Waals surface area contributed by atoms with Crippen LogP contribution in [0, 0.1) is 11.6 Å². The van der Waals surface area contributed by atoms with Crippen LogP contribution in [0.3, 0.4) is 0 Å². The molecule has 4 aromatic heterocycles. The molecule has 5 aromatic rings. The van der Waals surface area contributed by atoms with Crippen LogP contribution in [0.15, 0.2) is 54.3 Å². The smallest absolute Gasteiger partial charge is 0.279 e. The molecule has 0 aliphatic carbocycles. The van der Waals surface area contributed by atoms with Gasteiger partial charge >= 0.3 is 0 Å². The molecule has 9 nitrogen and oxygen atoms in total. The Balaban J connectivity index is 1.59. The molecule has 3 N–H and O–H groups in total. The van der Waals surface area contributed by atoms with Crippen LogP contribution in [0.2, 0.25) is 0 Å². The first kappa shape index (κ1) is 28.1. The summed E-state index contributed by atoms with van der Waals surface area (Å²) in [7, 11) is 0. The first-order valence-corrected chi connectivity index (χ1v) is 14.0. The third-order valence-corrected chi connectivity index (χ3v) is 7.63. The summed E-state index contributed by atoms with van der Waals surface area (Å²) in [5, 5.41) is 14.8. The van der Waals surface area contributed by atoms with E-state index in [2.05, 4.69) is 32.4 Å². The van der Waals surface area contributed by atoms with Crippen molar-refractivity contribution in [3.8, 4) is 39.5 Å². The fourth-order valence-corrected chi connectivity index (χ4v) is 5.83. The first-order chi connectivity index (χ1) is 20.6. The highest BCUT2D eigenvalue weighted by Crippen LogP contribution is 2.47. The van der Waals surface area contributed by atoms with Crippen molar-refractivity contribution < 1.29 is 27.5 Å². The SMILES string of the molecule is C=C(F)C(=O)NCc1cc(-c2nc(-c3cnc4c(c3)CNC4=O)c3ccsc3c2-c2c(F)cc(F)cc2OC(C)C)n[nH]1. The van der Waals surface area contributed by atoms with Crippen LogP contribution in [0.4, 0.5) is 13.2 Å². The number of halogens is 3. The highest BCUT2D eigenvalue weighted by Gasteiger charge is 2.28. The van der Waals surface area contributed by atoms with Gasteiger partial charge in [-0.3, -0.25) is 19.7 Å². The number of aromatic nitrogens is 4. The lowest BCUT2D eigenvalue weighted by Crippen LogP contribution is -2.22. The van der Waals surface area contributed by atoms with Crippen LogP contribution in [0.5, 0.6) is 5.75 Å². The van der Waals surface area contributed by atoms with Crippen molar-refractivity contribution in [2.45, 2.75) is 33.0 Å². The van der Waals surface area contributed by atoms with Gasteiger partial charge in [0, 0.05) is 51.7 Å². The van der Waals surface area contributed by atoms with Crippen molar-refractivity contribution in [1.29, 1.82) is 0 Å². The van der Waals surface area contributed by atoms with E-state index in [1.165, 1.54) is 11.3 Å². The van der Waals surface area contributed by atoms with E-state index in [1.807, 2.05) is 17.5 Å². The summed E-state index contributed by atoms with van der Waals surface area (Å²) >= 11 is 1.33. The Labute approximate surface area is 246 Å². The molecule has 1 aliphatic rings. The Bertz CT molecular complexity index is 1950. The van der Waals surface area contributed by atoms with Gasteiger partial charge in [-0.05, 0) is 37.4 Å². The number of nitrogens with zero attached hydrogens (tertiary/aromatic N) is 3. The highest BCUT2D eigenvalue weighted by molar-refractivity contribution is 7.18. The Morgan fingerprint density at radius 2 is 1.98 bits per heavy atom. The number of nitrogens with one attached hydrogen (secondary N) is 3. The molecule has 5 heterocycles. The van der Waals surface area contributed by atoms with Crippen LogP contribution in [0.25, 0.3) is 43.9 Å². The number of hydrogen-bond acceptors (Lipinski definition) is 7. The number of amides is 2. The van der Waals surface area contributed by atoms with Crippen LogP contribution < -0.4 is 15.4 Å². The molecule has 13 heteroatoms. The zero-order valence-corrected chi connectivity index (χ0v) is 23.7. The van der Waals surface area contributed by atoms with Gasteiger partial charge in [-0.1, -0.05) is 6.58 Å². The molecule has 0 saturated carbocycles. The second kappa shape index (κ2) is 11.0. The monoisotopic (exact) mass is 604 g/mol. The third kappa shape index (κ3) is 5.23. The Morgan fingerprint density at radius 3 is 2.74 bits per heavy atom. The number of carbonyl (C=O) groups excluding carboxylic acids is 2. The molecule has 0 radical (unpaired) electrons. The van der Waals surface area contributed by atoms with Gasteiger partial charge in [0.15, 0.2) is 5.83 Å². The van der Waals surface area contributed by atoms with Gasteiger partial charge in [-0.15, -0.1) is 11.3 Å². The molecule has 218 valence electrons. The molecule has 0 fully saturated rings. The third-order valence-electron chi connectivity index (χ3n) is 6.69. The molecule has 2 amide bonds. The number of thiophene rings is 1. The van der Waals surface area contributed by atoms with Gasteiger partial charge in [0.1, 0.15) is 34.5 Å².